The molecule has 1 aliphatic heterocycles. The summed E-state index contributed by atoms with van der Waals surface area (Å²) >= 11 is 0. The Balaban J connectivity index is 1.50. The molecule has 4 heterocycles. The standard InChI is InChI=1S/C20H19N7O/c1-27-16-10-13(23-20-19-15(24-25-20)4-3-9-21-19)6-7-14(16)18(26-27)12-5-8-17(28-2)22-11-12/h3-11,17,22H,1-2H3,(H2,23,24,25). The van der Waals surface area contributed by atoms with Gasteiger partial charge in [-0.05, 0) is 36.4 Å². The number of anilines is 2. The second-order valence-corrected chi connectivity index (χ2v) is 6.58. The molecular weight excluding hydrogens is 354 g/mol. The number of aromatic nitrogens is 5. The quantitative estimate of drug-likeness (QED) is 0.509. The molecule has 4 aromatic rings. The van der Waals surface area contributed by atoms with E-state index in [1.165, 1.54) is 0 Å². The highest BCUT2D eigenvalue weighted by Crippen LogP contribution is 2.30. The summed E-state index contributed by atoms with van der Waals surface area (Å²) < 4.78 is 7.16. The van der Waals surface area contributed by atoms with E-state index in [1.54, 1.807) is 13.3 Å². The Hall–Kier alpha value is -3.65. The zero-order valence-corrected chi connectivity index (χ0v) is 15.5. The first-order chi connectivity index (χ1) is 13.7. The number of benzene rings is 1. The van der Waals surface area contributed by atoms with Crippen LogP contribution in [0.3, 0.4) is 0 Å². The molecule has 1 unspecified atom stereocenters. The van der Waals surface area contributed by atoms with E-state index in [9.17, 15) is 0 Å². The van der Waals surface area contributed by atoms with Crippen LogP contribution in [0.25, 0.3) is 27.5 Å². The minimum absolute atomic E-state index is 0.105. The van der Waals surface area contributed by atoms with Gasteiger partial charge in [0.05, 0.1) is 11.0 Å². The lowest BCUT2D eigenvalue weighted by molar-refractivity contribution is 0.124. The molecule has 0 saturated carbocycles. The third-order valence-electron chi connectivity index (χ3n) is 4.82. The van der Waals surface area contributed by atoms with Crippen LogP contribution in [0.1, 0.15) is 5.69 Å². The van der Waals surface area contributed by atoms with Crippen LogP contribution in [0.5, 0.6) is 0 Å². The highest BCUT2D eigenvalue weighted by Gasteiger charge is 2.15. The van der Waals surface area contributed by atoms with Crippen molar-refractivity contribution in [2.24, 2.45) is 7.05 Å². The lowest BCUT2D eigenvalue weighted by Crippen LogP contribution is -2.26. The lowest BCUT2D eigenvalue weighted by Gasteiger charge is -2.16. The van der Waals surface area contributed by atoms with Gasteiger partial charge in [0.15, 0.2) is 5.82 Å². The number of pyridine rings is 1. The zero-order chi connectivity index (χ0) is 19.1. The third kappa shape index (κ3) is 2.71. The van der Waals surface area contributed by atoms with E-state index in [0.29, 0.717) is 5.82 Å². The molecule has 0 spiro atoms. The van der Waals surface area contributed by atoms with E-state index in [2.05, 4.69) is 37.9 Å². The predicted molar refractivity (Wildman–Crippen MR) is 109 cm³/mol. The fourth-order valence-corrected chi connectivity index (χ4v) is 3.39. The molecule has 3 N–H and O–H groups in total. The lowest BCUT2D eigenvalue weighted by atomic mass is 10.1. The van der Waals surface area contributed by atoms with Crippen molar-refractivity contribution in [3.8, 4) is 0 Å². The third-order valence-corrected chi connectivity index (χ3v) is 4.82. The molecule has 5 rings (SSSR count). The largest absolute Gasteiger partial charge is 0.362 e. The van der Waals surface area contributed by atoms with Gasteiger partial charge in [0.1, 0.15) is 17.4 Å². The van der Waals surface area contributed by atoms with Crippen LogP contribution in [0.15, 0.2) is 54.9 Å². The first-order valence-electron chi connectivity index (χ1n) is 8.93. The summed E-state index contributed by atoms with van der Waals surface area (Å²) in [5.74, 6) is 0.699. The van der Waals surface area contributed by atoms with Gasteiger partial charge in [-0.15, -0.1) is 0 Å². The molecule has 0 bridgehead atoms. The topological polar surface area (TPSA) is 92.7 Å². The van der Waals surface area contributed by atoms with Crippen molar-refractivity contribution in [2.45, 2.75) is 6.23 Å². The van der Waals surface area contributed by atoms with E-state index in [-0.39, 0.29) is 6.23 Å². The maximum absolute atomic E-state index is 5.27. The van der Waals surface area contributed by atoms with Crippen LogP contribution in [-0.4, -0.2) is 38.3 Å². The molecule has 3 aromatic heterocycles. The molecule has 0 fully saturated rings. The fourth-order valence-electron chi connectivity index (χ4n) is 3.39. The van der Waals surface area contributed by atoms with E-state index >= 15 is 0 Å². The number of nitrogens with zero attached hydrogens (tertiary/aromatic N) is 4. The van der Waals surface area contributed by atoms with Gasteiger partial charge in [-0.2, -0.15) is 10.2 Å². The number of allylic oxidation sites excluding steroid dienone is 2. The number of hydrogen-bond acceptors (Lipinski definition) is 6. The zero-order valence-electron chi connectivity index (χ0n) is 15.5. The Morgan fingerprint density at radius 3 is 3.00 bits per heavy atom. The second-order valence-electron chi connectivity index (χ2n) is 6.58. The molecule has 8 nitrogen and oxygen atoms in total. The molecule has 28 heavy (non-hydrogen) atoms. The summed E-state index contributed by atoms with van der Waals surface area (Å²) in [5, 5.41) is 19.6. The Labute approximate surface area is 160 Å². The SMILES string of the molecule is COC1C=CC(c2nn(C)c3cc(Nc4n[nH]c5cccnc45)ccc23)=CN1. The normalized spacial score (nSPS) is 16.4. The van der Waals surface area contributed by atoms with Crippen LogP contribution in [-0.2, 0) is 11.8 Å². The number of aromatic amines is 1. The molecule has 1 atom stereocenters. The molecule has 1 aliphatic rings. The summed E-state index contributed by atoms with van der Waals surface area (Å²) in [5.41, 5.74) is 5.59. The molecule has 8 heteroatoms. The first-order valence-corrected chi connectivity index (χ1v) is 8.93. The summed E-state index contributed by atoms with van der Waals surface area (Å²) in [4.78, 5) is 4.39. The van der Waals surface area contributed by atoms with Crippen LogP contribution in [0, 0.1) is 0 Å². The highest BCUT2D eigenvalue weighted by molar-refractivity contribution is 5.96. The van der Waals surface area contributed by atoms with Crippen LogP contribution >= 0.6 is 0 Å². The van der Waals surface area contributed by atoms with Crippen LogP contribution in [0.2, 0.25) is 0 Å². The average Bonchev–Trinajstić information content (AvgIpc) is 3.29. The predicted octanol–water partition coefficient (Wildman–Crippen LogP) is 3.06. The number of methoxy groups -OCH3 is 1. The average molecular weight is 373 g/mol. The van der Waals surface area contributed by atoms with Gasteiger partial charge < -0.3 is 15.4 Å². The highest BCUT2D eigenvalue weighted by atomic mass is 16.5. The minimum atomic E-state index is -0.105. The van der Waals surface area contributed by atoms with Gasteiger partial charge in [0.25, 0.3) is 0 Å². The first kappa shape index (κ1) is 16.5. The monoisotopic (exact) mass is 373 g/mol. The Kier molecular flexibility index (Phi) is 3.84. The molecular formula is C20H19N7O. The smallest absolute Gasteiger partial charge is 0.178 e. The molecule has 0 aliphatic carbocycles. The van der Waals surface area contributed by atoms with Gasteiger partial charge >= 0.3 is 0 Å². The van der Waals surface area contributed by atoms with Crippen LogP contribution in [0.4, 0.5) is 11.5 Å². The number of fused-ring (bicyclic) bond motifs is 2. The molecule has 1 aromatic carbocycles. The summed E-state index contributed by atoms with van der Waals surface area (Å²) in [7, 11) is 3.61. The number of rotatable bonds is 4. The minimum Gasteiger partial charge on any atom is -0.362 e. The maximum atomic E-state index is 5.27. The van der Waals surface area contributed by atoms with Crippen molar-refractivity contribution in [3.63, 3.8) is 0 Å². The Morgan fingerprint density at radius 2 is 2.18 bits per heavy atom. The van der Waals surface area contributed by atoms with Crippen molar-refractivity contribution in [1.29, 1.82) is 0 Å². The van der Waals surface area contributed by atoms with Crippen molar-refractivity contribution in [1.82, 2.24) is 30.3 Å². The Bertz CT molecular complexity index is 1230. The summed E-state index contributed by atoms with van der Waals surface area (Å²) in [6.45, 7) is 0. The number of ether oxygens (including phenoxy) is 1. The van der Waals surface area contributed by atoms with Crippen molar-refractivity contribution in [2.75, 3.05) is 12.4 Å². The van der Waals surface area contributed by atoms with Gasteiger partial charge in [-0.25, -0.2) is 0 Å². The van der Waals surface area contributed by atoms with Crippen LogP contribution < -0.4 is 10.6 Å². The molecule has 0 radical (unpaired) electrons. The number of H-pyrrole nitrogens is 1. The summed E-state index contributed by atoms with van der Waals surface area (Å²) in [6, 6.07) is 9.99. The van der Waals surface area contributed by atoms with Crippen molar-refractivity contribution >= 4 is 39.0 Å². The van der Waals surface area contributed by atoms with E-state index in [0.717, 1.165) is 38.9 Å². The van der Waals surface area contributed by atoms with Gasteiger partial charge in [0.2, 0.25) is 0 Å². The number of dihydropyridines is 1. The van der Waals surface area contributed by atoms with E-state index in [4.69, 9.17) is 9.84 Å². The number of aryl methyl sites for hydroxylation is 1. The molecule has 0 amide bonds. The van der Waals surface area contributed by atoms with Crippen molar-refractivity contribution in [3.05, 3.63) is 60.6 Å². The van der Waals surface area contributed by atoms with Gasteiger partial charge in [0, 0.05) is 43.2 Å². The second kappa shape index (κ2) is 6.50. The number of nitrogens with one attached hydrogen (secondary N) is 3. The van der Waals surface area contributed by atoms with E-state index in [1.807, 2.05) is 48.3 Å². The Morgan fingerprint density at radius 1 is 1.25 bits per heavy atom. The van der Waals surface area contributed by atoms with Gasteiger partial charge in [-0.3, -0.25) is 14.8 Å². The summed E-state index contributed by atoms with van der Waals surface area (Å²) in [6.07, 6.45) is 7.59. The van der Waals surface area contributed by atoms with Crippen molar-refractivity contribution < 1.29 is 4.74 Å². The van der Waals surface area contributed by atoms with Gasteiger partial charge in [-0.1, -0.05) is 6.08 Å². The fraction of sp³-hybridized carbons (Fsp3) is 0.150. The number of hydrogen-bond donors (Lipinski definition) is 3. The molecule has 0 saturated heterocycles. The maximum Gasteiger partial charge on any atom is 0.178 e. The van der Waals surface area contributed by atoms with E-state index < -0.39 is 0 Å². The molecule has 140 valence electrons.